The number of amides is 1. The number of carbonyl (C=O) groups is 1. The van der Waals surface area contributed by atoms with E-state index in [0.717, 1.165) is 28.3 Å². The van der Waals surface area contributed by atoms with E-state index in [-0.39, 0.29) is 11.9 Å². The lowest BCUT2D eigenvalue weighted by atomic mass is 10.1. The van der Waals surface area contributed by atoms with E-state index in [9.17, 15) is 4.79 Å². The number of nitrogens with one attached hydrogen (secondary N) is 1. The maximum Gasteiger partial charge on any atom is 0.249 e. The van der Waals surface area contributed by atoms with E-state index in [1.807, 2.05) is 66.0 Å². The van der Waals surface area contributed by atoms with Gasteiger partial charge in [-0.3, -0.25) is 4.79 Å². The minimum Gasteiger partial charge on any atom is -0.487 e. The minimum atomic E-state index is -0.0886. The van der Waals surface area contributed by atoms with E-state index in [1.165, 1.54) is 12.5 Å². The SMILES string of the molecule is C=CN=c1cc(Oc2ccc(Nc3ncnc4cc5c(nc34)N3CCN(C(=O)C(=C)C)C(CO5)C3)cc2C)ccn1C. The van der Waals surface area contributed by atoms with Gasteiger partial charge in [0.1, 0.15) is 35.4 Å². The molecule has 5 heterocycles. The lowest BCUT2D eigenvalue weighted by Gasteiger charge is -2.39. The number of carbonyl (C=O) groups excluding carboxylic acids is 1. The van der Waals surface area contributed by atoms with Crippen LogP contribution in [0.5, 0.6) is 17.2 Å². The summed E-state index contributed by atoms with van der Waals surface area (Å²) in [4.78, 5) is 34.9. The van der Waals surface area contributed by atoms with E-state index in [1.54, 1.807) is 6.92 Å². The zero-order valence-electron chi connectivity index (χ0n) is 23.9. The first-order valence-electron chi connectivity index (χ1n) is 13.7. The summed E-state index contributed by atoms with van der Waals surface area (Å²) in [5.41, 5.74) is 4.33. The van der Waals surface area contributed by atoms with E-state index >= 15 is 0 Å². The fourth-order valence-corrected chi connectivity index (χ4v) is 5.20. The zero-order valence-corrected chi connectivity index (χ0v) is 23.9. The highest BCUT2D eigenvalue weighted by Crippen LogP contribution is 2.36. The molecule has 1 saturated heterocycles. The first-order chi connectivity index (χ1) is 20.3. The van der Waals surface area contributed by atoms with Gasteiger partial charge in [0.15, 0.2) is 17.4 Å². The predicted molar refractivity (Wildman–Crippen MR) is 161 cm³/mol. The van der Waals surface area contributed by atoms with Gasteiger partial charge in [0.2, 0.25) is 5.91 Å². The number of hydrogen-bond donors (Lipinski definition) is 1. The molecular formula is C31H32N8O3. The third kappa shape index (κ3) is 5.16. The van der Waals surface area contributed by atoms with Crippen molar-refractivity contribution in [3.05, 3.63) is 84.9 Å². The van der Waals surface area contributed by atoms with Crippen LogP contribution in [0.1, 0.15) is 12.5 Å². The molecule has 1 unspecified atom stereocenters. The van der Waals surface area contributed by atoms with Crippen molar-refractivity contribution >= 4 is 34.3 Å². The topological polar surface area (TPSA) is 110 Å². The number of ether oxygens (including phenoxy) is 2. The molecule has 4 aromatic rings. The Bertz CT molecular complexity index is 1800. The van der Waals surface area contributed by atoms with Crippen molar-refractivity contribution < 1.29 is 14.3 Å². The van der Waals surface area contributed by atoms with Gasteiger partial charge in [-0.15, -0.1) is 0 Å². The lowest BCUT2D eigenvalue weighted by Crippen LogP contribution is -2.56. The summed E-state index contributed by atoms with van der Waals surface area (Å²) in [6, 6.07) is 11.4. The highest BCUT2D eigenvalue weighted by molar-refractivity contribution is 5.93. The van der Waals surface area contributed by atoms with Crippen LogP contribution < -0.4 is 25.2 Å². The molecule has 1 amide bonds. The first-order valence-corrected chi connectivity index (χ1v) is 13.7. The van der Waals surface area contributed by atoms with Crippen LogP contribution in [0, 0.1) is 6.92 Å². The average molecular weight is 565 g/mol. The largest absolute Gasteiger partial charge is 0.487 e. The number of aromatic nitrogens is 4. The third-order valence-corrected chi connectivity index (χ3v) is 7.38. The smallest absolute Gasteiger partial charge is 0.249 e. The summed E-state index contributed by atoms with van der Waals surface area (Å²) in [6.45, 7) is 13.5. The Morgan fingerprint density at radius 3 is 2.86 bits per heavy atom. The van der Waals surface area contributed by atoms with Gasteiger partial charge in [-0.1, -0.05) is 13.2 Å². The van der Waals surface area contributed by atoms with E-state index < -0.39 is 0 Å². The molecule has 0 aliphatic carbocycles. The van der Waals surface area contributed by atoms with Gasteiger partial charge >= 0.3 is 0 Å². The highest BCUT2D eigenvalue weighted by Gasteiger charge is 2.35. The number of pyridine rings is 2. The maximum atomic E-state index is 12.7. The van der Waals surface area contributed by atoms with Gasteiger partial charge < -0.3 is 29.2 Å². The van der Waals surface area contributed by atoms with Gasteiger partial charge in [-0.25, -0.2) is 19.9 Å². The van der Waals surface area contributed by atoms with Gasteiger partial charge in [0.25, 0.3) is 0 Å². The van der Waals surface area contributed by atoms with E-state index in [4.69, 9.17) is 14.5 Å². The molecule has 0 saturated carbocycles. The Morgan fingerprint density at radius 2 is 2.07 bits per heavy atom. The summed E-state index contributed by atoms with van der Waals surface area (Å²) in [7, 11) is 1.91. The van der Waals surface area contributed by atoms with Crippen molar-refractivity contribution in [2.75, 3.05) is 36.5 Å². The number of anilines is 3. The fraction of sp³-hybridized carbons (Fsp3) is 0.258. The third-order valence-electron chi connectivity index (χ3n) is 7.38. The predicted octanol–water partition coefficient (Wildman–Crippen LogP) is 4.24. The van der Waals surface area contributed by atoms with Crippen molar-refractivity contribution in [3.8, 4) is 17.2 Å². The second-order valence-corrected chi connectivity index (χ2v) is 10.4. The molecule has 1 atom stereocenters. The molecule has 6 rings (SSSR count). The number of rotatable bonds is 6. The Morgan fingerprint density at radius 1 is 1.21 bits per heavy atom. The molecule has 1 fully saturated rings. The summed E-state index contributed by atoms with van der Waals surface area (Å²) in [6.07, 6.45) is 4.90. The molecule has 0 radical (unpaired) electrons. The Labute approximate surface area is 243 Å². The molecule has 11 heteroatoms. The van der Waals surface area contributed by atoms with Crippen molar-refractivity contribution in [3.63, 3.8) is 0 Å². The van der Waals surface area contributed by atoms with Crippen LogP contribution in [-0.4, -0.2) is 62.6 Å². The van der Waals surface area contributed by atoms with Crippen LogP contribution in [0.25, 0.3) is 11.0 Å². The van der Waals surface area contributed by atoms with E-state index in [0.29, 0.717) is 60.2 Å². The molecule has 1 N–H and O–H groups in total. The molecule has 11 nitrogen and oxygen atoms in total. The minimum absolute atomic E-state index is 0.0396. The van der Waals surface area contributed by atoms with Crippen molar-refractivity contribution in [1.82, 2.24) is 24.4 Å². The summed E-state index contributed by atoms with van der Waals surface area (Å²) in [5, 5.41) is 3.40. The average Bonchev–Trinajstić information content (AvgIpc) is 3.11. The van der Waals surface area contributed by atoms with Crippen molar-refractivity contribution in [2.24, 2.45) is 12.0 Å². The van der Waals surface area contributed by atoms with Crippen LogP contribution in [-0.2, 0) is 11.8 Å². The second kappa shape index (κ2) is 11.0. The van der Waals surface area contributed by atoms with Crippen molar-refractivity contribution in [1.29, 1.82) is 0 Å². The molecule has 42 heavy (non-hydrogen) atoms. The highest BCUT2D eigenvalue weighted by atomic mass is 16.5. The molecule has 214 valence electrons. The molecular weight excluding hydrogens is 532 g/mol. The Balaban J connectivity index is 1.25. The molecule has 2 bridgehead atoms. The summed E-state index contributed by atoms with van der Waals surface area (Å²) in [5.74, 6) is 3.32. The standard InChI is InChI=1S/C31H32N8O3/c1-6-32-27-14-23(9-10-37(27)5)42-25-8-7-21(13-20(25)4)35-29-28-24(33-18-34-29)15-26-30(36-28)38-11-12-39(31(40)19(2)3)22(16-38)17-41-26/h6-10,13-15,18,22H,1-2,11-12,16-17H2,3-5H3,(H,33,34,35). The summed E-state index contributed by atoms with van der Waals surface area (Å²) >= 11 is 0. The number of benzene rings is 1. The number of hydrogen-bond acceptors (Lipinski definition) is 9. The molecule has 0 spiro atoms. The lowest BCUT2D eigenvalue weighted by molar-refractivity contribution is -0.130. The number of fused-ring (bicyclic) bond motifs is 5. The maximum absolute atomic E-state index is 12.7. The van der Waals surface area contributed by atoms with Crippen LogP contribution in [0.3, 0.4) is 0 Å². The zero-order chi connectivity index (χ0) is 29.4. The van der Waals surface area contributed by atoms with Crippen LogP contribution in [0.4, 0.5) is 17.3 Å². The van der Waals surface area contributed by atoms with Crippen molar-refractivity contribution in [2.45, 2.75) is 19.9 Å². The monoisotopic (exact) mass is 564 g/mol. The Hall–Kier alpha value is -5.19. The van der Waals surface area contributed by atoms with Gasteiger partial charge in [0.05, 0.1) is 11.6 Å². The number of piperazine rings is 1. The quantitative estimate of drug-likeness (QED) is 0.347. The van der Waals surface area contributed by atoms with Gasteiger partial charge in [-0.2, -0.15) is 0 Å². The fourth-order valence-electron chi connectivity index (χ4n) is 5.20. The van der Waals surface area contributed by atoms with Crippen LogP contribution >= 0.6 is 0 Å². The van der Waals surface area contributed by atoms with E-state index in [2.05, 4.69) is 38.3 Å². The molecule has 2 aliphatic heterocycles. The summed E-state index contributed by atoms with van der Waals surface area (Å²) < 4.78 is 14.2. The molecule has 3 aromatic heterocycles. The molecule has 2 aliphatic rings. The normalized spacial score (nSPS) is 16.4. The second-order valence-electron chi connectivity index (χ2n) is 10.4. The number of nitrogens with zero attached hydrogens (tertiary/aromatic N) is 7. The first kappa shape index (κ1) is 27.0. The Kier molecular flexibility index (Phi) is 7.07. The van der Waals surface area contributed by atoms with Crippen LogP contribution in [0.15, 0.2) is 78.8 Å². The number of aryl methyl sites for hydroxylation is 2. The van der Waals surface area contributed by atoms with Gasteiger partial charge in [0, 0.05) is 62.5 Å². The van der Waals surface area contributed by atoms with Crippen LogP contribution in [0.2, 0.25) is 0 Å². The van der Waals surface area contributed by atoms with Gasteiger partial charge in [-0.05, 0) is 43.7 Å². The molecule has 1 aromatic carbocycles.